The number of halogens is 1. The second-order valence-electron chi connectivity index (χ2n) is 5.14. The lowest BCUT2D eigenvalue weighted by molar-refractivity contribution is -0.116. The van der Waals surface area contributed by atoms with Gasteiger partial charge in [0.25, 0.3) is 0 Å². The summed E-state index contributed by atoms with van der Waals surface area (Å²) in [6.45, 7) is 0.402. The molecule has 0 aliphatic heterocycles. The van der Waals surface area contributed by atoms with Gasteiger partial charge in [0.2, 0.25) is 11.7 Å². The maximum Gasteiger partial charge on any atom is 0.244 e. The third-order valence-corrected chi connectivity index (χ3v) is 3.71. The van der Waals surface area contributed by atoms with E-state index in [9.17, 15) is 4.79 Å². The summed E-state index contributed by atoms with van der Waals surface area (Å²) in [6, 6.07) is 10.9. The molecular weight excluding hydrogens is 342 g/mol. The molecule has 0 aromatic heterocycles. The van der Waals surface area contributed by atoms with E-state index in [-0.39, 0.29) is 5.91 Å². The Balaban J connectivity index is 2.06. The van der Waals surface area contributed by atoms with Crippen LogP contribution < -0.4 is 19.5 Å². The smallest absolute Gasteiger partial charge is 0.244 e. The van der Waals surface area contributed by atoms with Crippen LogP contribution in [-0.2, 0) is 11.3 Å². The van der Waals surface area contributed by atoms with Gasteiger partial charge in [-0.15, -0.1) is 0 Å². The van der Waals surface area contributed by atoms with Crippen LogP contribution in [0.2, 0.25) is 5.02 Å². The molecule has 25 heavy (non-hydrogen) atoms. The lowest BCUT2D eigenvalue weighted by Gasteiger charge is -2.12. The quantitative estimate of drug-likeness (QED) is 0.764. The van der Waals surface area contributed by atoms with Gasteiger partial charge in [0.15, 0.2) is 11.5 Å². The van der Waals surface area contributed by atoms with E-state index in [1.807, 2.05) is 18.2 Å². The molecule has 0 bridgehead atoms. The first-order valence-corrected chi connectivity index (χ1v) is 7.95. The van der Waals surface area contributed by atoms with Gasteiger partial charge in [0, 0.05) is 17.6 Å². The first-order valence-electron chi connectivity index (χ1n) is 7.57. The molecule has 2 aromatic rings. The molecule has 0 heterocycles. The maximum absolute atomic E-state index is 12.0. The van der Waals surface area contributed by atoms with Crippen molar-refractivity contribution in [3.8, 4) is 17.2 Å². The lowest BCUT2D eigenvalue weighted by Crippen LogP contribution is -2.20. The zero-order valence-corrected chi connectivity index (χ0v) is 15.1. The summed E-state index contributed by atoms with van der Waals surface area (Å²) >= 11 is 5.92. The van der Waals surface area contributed by atoms with Crippen LogP contribution in [0.3, 0.4) is 0 Å². The highest BCUT2D eigenvalue weighted by molar-refractivity contribution is 6.30. The van der Waals surface area contributed by atoms with Crippen molar-refractivity contribution in [2.45, 2.75) is 6.54 Å². The van der Waals surface area contributed by atoms with Crippen molar-refractivity contribution in [2.75, 3.05) is 21.3 Å². The van der Waals surface area contributed by atoms with Crippen LogP contribution in [0.15, 0.2) is 42.5 Å². The first-order chi connectivity index (χ1) is 12.1. The predicted octanol–water partition coefficient (Wildman–Crippen LogP) is 3.70. The number of carbonyl (C=O) groups excluding carboxylic acids is 1. The molecule has 0 unspecified atom stereocenters. The van der Waals surface area contributed by atoms with Gasteiger partial charge < -0.3 is 19.5 Å². The van der Waals surface area contributed by atoms with Crippen molar-refractivity contribution >= 4 is 23.6 Å². The van der Waals surface area contributed by atoms with Gasteiger partial charge in [-0.1, -0.05) is 23.7 Å². The van der Waals surface area contributed by atoms with Crippen LogP contribution in [-0.4, -0.2) is 27.2 Å². The second kappa shape index (κ2) is 8.99. The number of amides is 1. The molecule has 2 aromatic carbocycles. The third-order valence-electron chi connectivity index (χ3n) is 3.47. The molecule has 6 heteroatoms. The maximum atomic E-state index is 12.0. The van der Waals surface area contributed by atoms with Gasteiger partial charge in [0.05, 0.1) is 21.3 Å². The van der Waals surface area contributed by atoms with Crippen LogP contribution >= 0.6 is 11.6 Å². The summed E-state index contributed by atoms with van der Waals surface area (Å²) in [6.07, 6.45) is 3.13. The molecular formula is C19H20ClNO4. The van der Waals surface area contributed by atoms with Crippen molar-refractivity contribution < 1.29 is 19.0 Å². The van der Waals surface area contributed by atoms with Gasteiger partial charge >= 0.3 is 0 Å². The number of ether oxygens (including phenoxy) is 3. The topological polar surface area (TPSA) is 56.8 Å². The van der Waals surface area contributed by atoms with Crippen molar-refractivity contribution in [2.24, 2.45) is 0 Å². The number of carbonyl (C=O) groups is 1. The molecule has 132 valence electrons. The first kappa shape index (κ1) is 18.7. The van der Waals surface area contributed by atoms with Crippen LogP contribution in [0.4, 0.5) is 0 Å². The summed E-state index contributed by atoms with van der Waals surface area (Å²) in [5.41, 5.74) is 1.69. The minimum absolute atomic E-state index is 0.214. The van der Waals surface area contributed by atoms with Crippen LogP contribution in [0.25, 0.3) is 6.08 Å². The SMILES string of the molecule is COc1cc(/C=C/C(=O)NCc2cccc(Cl)c2)cc(OC)c1OC. The summed E-state index contributed by atoms with van der Waals surface area (Å²) in [5, 5.41) is 3.44. The van der Waals surface area contributed by atoms with Crippen molar-refractivity contribution in [3.05, 3.63) is 58.6 Å². The fraction of sp³-hybridized carbons (Fsp3) is 0.211. The minimum atomic E-state index is -0.214. The fourth-order valence-corrected chi connectivity index (χ4v) is 2.48. The molecule has 0 fully saturated rings. The van der Waals surface area contributed by atoms with Crippen LogP contribution in [0.5, 0.6) is 17.2 Å². The minimum Gasteiger partial charge on any atom is -0.493 e. The highest BCUT2D eigenvalue weighted by Gasteiger charge is 2.12. The Morgan fingerprint density at radius 2 is 1.76 bits per heavy atom. The highest BCUT2D eigenvalue weighted by atomic mass is 35.5. The molecule has 0 saturated carbocycles. The number of rotatable bonds is 7. The third kappa shape index (κ3) is 5.16. The highest BCUT2D eigenvalue weighted by Crippen LogP contribution is 2.38. The predicted molar refractivity (Wildman–Crippen MR) is 98.4 cm³/mol. The number of benzene rings is 2. The van der Waals surface area contributed by atoms with E-state index in [1.54, 1.807) is 45.6 Å². The summed E-state index contributed by atoms with van der Waals surface area (Å²) in [7, 11) is 4.63. The zero-order chi connectivity index (χ0) is 18.2. The Kier molecular flexibility index (Phi) is 6.71. The molecule has 1 amide bonds. The molecule has 5 nitrogen and oxygen atoms in total. The van der Waals surface area contributed by atoms with E-state index >= 15 is 0 Å². The normalized spacial score (nSPS) is 10.6. The molecule has 2 rings (SSSR count). The molecule has 0 radical (unpaired) electrons. The second-order valence-corrected chi connectivity index (χ2v) is 5.58. The molecule has 0 saturated heterocycles. The van der Waals surface area contributed by atoms with Gasteiger partial charge in [-0.3, -0.25) is 4.79 Å². The Morgan fingerprint density at radius 3 is 2.32 bits per heavy atom. The van der Waals surface area contributed by atoms with E-state index in [2.05, 4.69) is 5.32 Å². The van der Waals surface area contributed by atoms with E-state index < -0.39 is 0 Å². The summed E-state index contributed by atoms with van der Waals surface area (Å²) in [5.74, 6) is 1.35. The Bertz CT molecular complexity index is 749. The number of methoxy groups -OCH3 is 3. The van der Waals surface area contributed by atoms with Gasteiger partial charge in [-0.25, -0.2) is 0 Å². The molecule has 0 spiro atoms. The van der Waals surface area contributed by atoms with Gasteiger partial charge in [-0.2, -0.15) is 0 Å². The average molecular weight is 362 g/mol. The number of hydrogen-bond donors (Lipinski definition) is 1. The van der Waals surface area contributed by atoms with Crippen molar-refractivity contribution in [3.63, 3.8) is 0 Å². The summed E-state index contributed by atoms with van der Waals surface area (Å²) in [4.78, 5) is 12.0. The molecule has 0 aliphatic carbocycles. The fourth-order valence-electron chi connectivity index (χ4n) is 2.26. The standard InChI is InChI=1S/C19H20ClNO4/c1-23-16-10-13(11-17(24-2)19(16)25-3)7-8-18(22)21-12-14-5-4-6-15(20)9-14/h4-11H,12H2,1-3H3,(H,21,22)/b8-7+. The van der Waals surface area contributed by atoms with E-state index in [0.29, 0.717) is 28.8 Å². The Morgan fingerprint density at radius 1 is 1.08 bits per heavy atom. The van der Waals surface area contributed by atoms with Crippen molar-refractivity contribution in [1.82, 2.24) is 5.32 Å². The Labute approximate surface area is 152 Å². The number of hydrogen-bond acceptors (Lipinski definition) is 4. The van der Waals surface area contributed by atoms with Crippen LogP contribution in [0.1, 0.15) is 11.1 Å². The molecule has 0 atom stereocenters. The largest absolute Gasteiger partial charge is 0.493 e. The monoisotopic (exact) mass is 361 g/mol. The van der Waals surface area contributed by atoms with Crippen molar-refractivity contribution in [1.29, 1.82) is 0 Å². The number of nitrogens with one attached hydrogen (secondary N) is 1. The average Bonchev–Trinajstić information content (AvgIpc) is 2.63. The lowest BCUT2D eigenvalue weighted by atomic mass is 10.1. The zero-order valence-electron chi connectivity index (χ0n) is 14.3. The van der Waals surface area contributed by atoms with E-state index in [0.717, 1.165) is 11.1 Å². The Hall–Kier alpha value is -2.66. The molecule has 0 aliphatic rings. The van der Waals surface area contributed by atoms with E-state index in [1.165, 1.54) is 6.08 Å². The van der Waals surface area contributed by atoms with Gasteiger partial charge in [-0.05, 0) is 41.5 Å². The van der Waals surface area contributed by atoms with Crippen LogP contribution in [0, 0.1) is 0 Å². The van der Waals surface area contributed by atoms with E-state index in [4.69, 9.17) is 25.8 Å². The molecule has 1 N–H and O–H groups in total. The van der Waals surface area contributed by atoms with Gasteiger partial charge in [0.1, 0.15) is 0 Å². The summed E-state index contributed by atoms with van der Waals surface area (Å²) < 4.78 is 15.9.